The molecule has 0 amide bonds. The zero-order valence-electron chi connectivity index (χ0n) is 16.7. The zero-order valence-corrected chi connectivity index (χ0v) is 19.1. The summed E-state index contributed by atoms with van der Waals surface area (Å²) in [6, 6.07) is 8.42. The Balaban J connectivity index is 1.62. The first-order valence-corrected chi connectivity index (χ1v) is 13.3. The zero-order chi connectivity index (χ0) is 22.1. The van der Waals surface area contributed by atoms with Crippen molar-refractivity contribution in [1.29, 1.82) is 0 Å². The van der Waals surface area contributed by atoms with Gasteiger partial charge in [0.2, 0.25) is 10.0 Å². The van der Waals surface area contributed by atoms with Gasteiger partial charge in [-0.2, -0.15) is 4.31 Å². The number of halogens is 1. The second-order valence-corrected chi connectivity index (χ2v) is 11.4. The number of ether oxygens (including phenoxy) is 2. The third-order valence-corrected chi connectivity index (χ3v) is 8.90. The number of hydrogen-bond acceptors (Lipinski definition) is 6. The Hall–Kier alpha value is -2.01. The van der Waals surface area contributed by atoms with Crippen molar-refractivity contribution in [1.82, 2.24) is 4.31 Å². The van der Waals surface area contributed by atoms with E-state index in [1.165, 1.54) is 34.6 Å². The Morgan fingerprint density at radius 3 is 2.29 bits per heavy atom. The van der Waals surface area contributed by atoms with Gasteiger partial charge in [0.1, 0.15) is 4.90 Å². The van der Waals surface area contributed by atoms with Crippen LogP contribution in [0.4, 0.5) is 5.69 Å². The maximum Gasteiger partial charge on any atom is 0.262 e. The third-order valence-electron chi connectivity index (χ3n) is 5.15. The Kier molecular flexibility index (Phi) is 6.34. The summed E-state index contributed by atoms with van der Waals surface area (Å²) in [6.07, 6.45) is 3.25. The van der Waals surface area contributed by atoms with Gasteiger partial charge in [0, 0.05) is 25.6 Å². The Morgan fingerprint density at radius 1 is 0.839 bits per heavy atom. The van der Waals surface area contributed by atoms with Crippen molar-refractivity contribution >= 4 is 37.3 Å². The van der Waals surface area contributed by atoms with Gasteiger partial charge in [0.05, 0.1) is 28.8 Å². The monoisotopic (exact) mass is 486 g/mol. The van der Waals surface area contributed by atoms with Crippen LogP contribution >= 0.6 is 11.6 Å². The molecule has 2 aromatic rings. The molecule has 2 heterocycles. The summed E-state index contributed by atoms with van der Waals surface area (Å²) >= 11 is 6.17. The molecule has 0 unspecified atom stereocenters. The maximum atomic E-state index is 13.0. The first-order chi connectivity index (χ1) is 14.8. The number of nitrogens with zero attached hydrogens (tertiary/aromatic N) is 1. The summed E-state index contributed by atoms with van der Waals surface area (Å²) in [5, 5.41) is 0.0455. The van der Waals surface area contributed by atoms with Crippen LogP contribution in [0.5, 0.6) is 11.5 Å². The highest BCUT2D eigenvalue weighted by atomic mass is 35.5. The van der Waals surface area contributed by atoms with Crippen LogP contribution in [0.2, 0.25) is 5.02 Å². The topological polar surface area (TPSA) is 102 Å². The van der Waals surface area contributed by atoms with Gasteiger partial charge in [-0.3, -0.25) is 4.72 Å². The molecule has 2 aliphatic heterocycles. The SMILES string of the molecule is O=S(=O)(Nc1ccc(Cl)c(S(=O)(=O)N2CCCCC2)c1)c1ccc2c(c1)OCCCO2. The number of fused-ring (bicyclic) bond motifs is 1. The van der Waals surface area contributed by atoms with E-state index in [2.05, 4.69) is 4.72 Å². The molecule has 11 heteroatoms. The molecule has 1 saturated heterocycles. The predicted molar refractivity (Wildman–Crippen MR) is 117 cm³/mol. The Labute approximate surface area is 187 Å². The van der Waals surface area contributed by atoms with Gasteiger partial charge in [-0.1, -0.05) is 18.0 Å². The normalized spacial score (nSPS) is 17.7. The lowest BCUT2D eigenvalue weighted by molar-refractivity contribution is 0.297. The number of hydrogen-bond donors (Lipinski definition) is 1. The van der Waals surface area contributed by atoms with Crippen LogP contribution in [0.15, 0.2) is 46.2 Å². The molecular weight excluding hydrogens is 464 g/mol. The Bertz CT molecular complexity index is 1180. The fraction of sp³-hybridized carbons (Fsp3) is 0.400. The van der Waals surface area contributed by atoms with Crippen molar-refractivity contribution in [2.45, 2.75) is 35.5 Å². The van der Waals surface area contributed by atoms with E-state index >= 15 is 0 Å². The van der Waals surface area contributed by atoms with Gasteiger partial charge in [-0.25, -0.2) is 16.8 Å². The number of nitrogens with one attached hydrogen (secondary N) is 1. The highest BCUT2D eigenvalue weighted by Crippen LogP contribution is 2.34. The minimum absolute atomic E-state index is 0.0212. The van der Waals surface area contributed by atoms with Crippen LogP contribution in [0, 0.1) is 0 Å². The molecule has 1 fully saturated rings. The van der Waals surface area contributed by atoms with Crippen LogP contribution in [0.25, 0.3) is 0 Å². The fourth-order valence-corrected chi connectivity index (χ4v) is 6.62. The number of benzene rings is 2. The van der Waals surface area contributed by atoms with Crippen molar-refractivity contribution in [2.75, 3.05) is 31.0 Å². The molecule has 0 aromatic heterocycles. The lowest BCUT2D eigenvalue weighted by Gasteiger charge is -2.26. The molecule has 4 rings (SSSR count). The first kappa shape index (κ1) is 22.2. The van der Waals surface area contributed by atoms with Crippen LogP contribution < -0.4 is 14.2 Å². The molecule has 0 radical (unpaired) electrons. The van der Waals surface area contributed by atoms with E-state index in [1.54, 1.807) is 6.07 Å². The molecule has 0 saturated carbocycles. The number of anilines is 1. The van der Waals surface area contributed by atoms with Gasteiger partial charge < -0.3 is 9.47 Å². The second-order valence-electron chi connectivity index (χ2n) is 7.37. The minimum atomic E-state index is -4.00. The summed E-state index contributed by atoms with van der Waals surface area (Å²) in [5.74, 6) is 0.836. The highest BCUT2D eigenvalue weighted by Gasteiger charge is 2.29. The lowest BCUT2D eigenvalue weighted by atomic mass is 10.2. The molecule has 168 valence electrons. The van der Waals surface area contributed by atoms with Crippen molar-refractivity contribution < 1.29 is 26.3 Å². The average Bonchev–Trinajstić information content (AvgIpc) is 3.00. The van der Waals surface area contributed by atoms with E-state index in [4.69, 9.17) is 21.1 Å². The average molecular weight is 487 g/mol. The predicted octanol–water partition coefficient (Wildman–Crippen LogP) is 3.48. The third kappa shape index (κ3) is 4.77. The van der Waals surface area contributed by atoms with Gasteiger partial charge in [0.25, 0.3) is 10.0 Å². The number of piperidine rings is 1. The molecule has 0 spiro atoms. The van der Waals surface area contributed by atoms with Gasteiger partial charge in [-0.15, -0.1) is 0 Å². The molecular formula is C20H23ClN2O6S2. The van der Waals surface area contributed by atoms with Crippen molar-refractivity contribution in [2.24, 2.45) is 0 Å². The van der Waals surface area contributed by atoms with Gasteiger partial charge in [-0.05, 0) is 43.2 Å². The second kappa shape index (κ2) is 8.85. The van der Waals surface area contributed by atoms with Crippen molar-refractivity contribution in [3.05, 3.63) is 41.4 Å². The first-order valence-electron chi connectivity index (χ1n) is 9.99. The number of rotatable bonds is 5. The molecule has 0 aliphatic carbocycles. The van der Waals surface area contributed by atoms with Crippen LogP contribution in [-0.2, 0) is 20.0 Å². The largest absolute Gasteiger partial charge is 0.490 e. The summed E-state index contributed by atoms with van der Waals surface area (Å²) in [7, 11) is -7.82. The van der Waals surface area contributed by atoms with Crippen molar-refractivity contribution in [3.8, 4) is 11.5 Å². The van der Waals surface area contributed by atoms with E-state index < -0.39 is 20.0 Å². The standard InChI is InChI=1S/C20H23ClN2O6S2/c21-17-7-5-15(13-20(17)31(26,27)23-9-2-1-3-10-23)22-30(24,25)16-6-8-18-19(14-16)29-12-4-11-28-18/h5-8,13-14,22H,1-4,9-12H2. The lowest BCUT2D eigenvalue weighted by Crippen LogP contribution is -2.35. The molecule has 8 nitrogen and oxygen atoms in total. The van der Waals surface area contributed by atoms with E-state index in [0.717, 1.165) is 19.3 Å². The molecule has 0 atom stereocenters. The van der Waals surface area contributed by atoms with E-state index in [0.29, 0.717) is 44.2 Å². The summed E-state index contributed by atoms with van der Waals surface area (Å²) in [6.45, 7) is 1.77. The van der Waals surface area contributed by atoms with E-state index in [9.17, 15) is 16.8 Å². The fourth-order valence-electron chi connectivity index (χ4n) is 3.53. The smallest absolute Gasteiger partial charge is 0.262 e. The summed E-state index contributed by atoms with van der Waals surface area (Å²) in [5.41, 5.74) is 0.104. The summed E-state index contributed by atoms with van der Waals surface area (Å²) < 4.78 is 66.8. The minimum Gasteiger partial charge on any atom is -0.490 e. The summed E-state index contributed by atoms with van der Waals surface area (Å²) in [4.78, 5) is -0.137. The van der Waals surface area contributed by atoms with E-state index in [1.807, 2.05) is 0 Å². The Morgan fingerprint density at radius 2 is 1.55 bits per heavy atom. The van der Waals surface area contributed by atoms with Gasteiger partial charge >= 0.3 is 0 Å². The highest BCUT2D eigenvalue weighted by molar-refractivity contribution is 7.92. The quantitative estimate of drug-likeness (QED) is 0.694. The molecule has 2 aromatic carbocycles. The number of sulfonamides is 2. The molecule has 31 heavy (non-hydrogen) atoms. The van der Waals surface area contributed by atoms with E-state index in [-0.39, 0.29) is 20.5 Å². The van der Waals surface area contributed by atoms with Crippen molar-refractivity contribution in [3.63, 3.8) is 0 Å². The van der Waals surface area contributed by atoms with Crippen LogP contribution in [-0.4, -0.2) is 47.4 Å². The van der Waals surface area contributed by atoms with Gasteiger partial charge in [0.15, 0.2) is 11.5 Å². The van der Waals surface area contributed by atoms with Crippen LogP contribution in [0.3, 0.4) is 0 Å². The maximum absolute atomic E-state index is 13.0. The molecule has 0 bridgehead atoms. The molecule has 2 aliphatic rings. The molecule has 1 N–H and O–H groups in total. The van der Waals surface area contributed by atoms with Crippen LogP contribution in [0.1, 0.15) is 25.7 Å².